The Morgan fingerprint density at radius 3 is 2.67 bits per heavy atom. The average molecular weight is 277 g/mol. The van der Waals surface area contributed by atoms with E-state index in [2.05, 4.69) is 6.07 Å². The Hall–Kier alpha value is -2.67. The van der Waals surface area contributed by atoms with Crippen molar-refractivity contribution in [2.24, 2.45) is 5.92 Å². The Morgan fingerprint density at radius 1 is 1.29 bits per heavy atom. The molecule has 1 aliphatic heterocycles. The van der Waals surface area contributed by atoms with E-state index in [1.165, 1.54) is 0 Å². The zero-order valence-corrected chi connectivity index (χ0v) is 11.7. The molecule has 1 heterocycles. The standard InChI is InChI=1S/C17H15N3O/c1-11-16(19)15(9-18)10-20(11)17(21)14-7-6-12-4-2-3-5-13(12)8-14/h2-8,11,15,19H,10H2,1H3/t11-,15?/m0/s1. The van der Waals surface area contributed by atoms with Crippen molar-refractivity contribution >= 4 is 22.4 Å². The van der Waals surface area contributed by atoms with Gasteiger partial charge in [-0.05, 0) is 29.8 Å². The van der Waals surface area contributed by atoms with E-state index in [0.717, 1.165) is 10.8 Å². The van der Waals surface area contributed by atoms with Crippen molar-refractivity contribution in [1.82, 2.24) is 4.90 Å². The summed E-state index contributed by atoms with van der Waals surface area (Å²) in [5.74, 6) is -0.597. The molecule has 1 aliphatic rings. The largest absolute Gasteiger partial charge is 0.329 e. The fourth-order valence-electron chi connectivity index (χ4n) is 2.77. The van der Waals surface area contributed by atoms with Gasteiger partial charge in [0.1, 0.15) is 5.92 Å². The highest BCUT2D eigenvalue weighted by molar-refractivity contribution is 6.04. The van der Waals surface area contributed by atoms with Crippen LogP contribution in [0.15, 0.2) is 42.5 Å². The Labute approximate surface area is 123 Å². The molecular formula is C17H15N3O. The number of amides is 1. The van der Waals surface area contributed by atoms with Gasteiger partial charge in [-0.25, -0.2) is 0 Å². The van der Waals surface area contributed by atoms with E-state index in [1.807, 2.05) is 36.4 Å². The second-order valence-corrected chi connectivity index (χ2v) is 5.33. The van der Waals surface area contributed by atoms with Gasteiger partial charge in [-0.15, -0.1) is 0 Å². The lowest BCUT2D eigenvalue weighted by molar-refractivity contribution is 0.0757. The summed E-state index contributed by atoms with van der Waals surface area (Å²) in [6.45, 7) is 2.11. The van der Waals surface area contributed by atoms with Crippen LogP contribution in [0.2, 0.25) is 0 Å². The first-order chi connectivity index (χ1) is 10.1. The van der Waals surface area contributed by atoms with Crippen molar-refractivity contribution in [1.29, 1.82) is 10.7 Å². The maximum Gasteiger partial charge on any atom is 0.254 e. The molecule has 0 bridgehead atoms. The van der Waals surface area contributed by atoms with Gasteiger partial charge >= 0.3 is 0 Å². The van der Waals surface area contributed by atoms with Crippen molar-refractivity contribution in [3.05, 3.63) is 48.0 Å². The summed E-state index contributed by atoms with van der Waals surface area (Å²) in [5, 5.41) is 19.1. The number of nitriles is 1. The van der Waals surface area contributed by atoms with Crippen molar-refractivity contribution in [2.45, 2.75) is 13.0 Å². The Kier molecular flexibility index (Phi) is 3.19. The number of hydrogen-bond acceptors (Lipinski definition) is 3. The van der Waals surface area contributed by atoms with E-state index in [-0.39, 0.29) is 11.9 Å². The molecule has 2 aromatic carbocycles. The highest BCUT2D eigenvalue weighted by Gasteiger charge is 2.37. The third-order valence-corrected chi connectivity index (χ3v) is 4.09. The van der Waals surface area contributed by atoms with Crippen LogP contribution in [0.3, 0.4) is 0 Å². The van der Waals surface area contributed by atoms with Crippen molar-refractivity contribution in [3.8, 4) is 6.07 Å². The second-order valence-electron chi connectivity index (χ2n) is 5.33. The first-order valence-electron chi connectivity index (χ1n) is 6.89. The van der Waals surface area contributed by atoms with E-state index in [9.17, 15) is 4.79 Å². The molecule has 21 heavy (non-hydrogen) atoms. The monoisotopic (exact) mass is 277 g/mol. The van der Waals surface area contributed by atoms with E-state index in [0.29, 0.717) is 17.8 Å². The van der Waals surface area contributed by atoms with Gasteiger partial charge in [0.25, 0.3) is 5.91 Å². The van der Waals surface area contributed by atoms with Crippen LogP contribution in [0.5, 0.6) is 0 Å². The molecule has 0 spiro atoms. The summed E-state index contributed by atoms with van der Waals surface area (Å²) < 4.78 is 0. The normalized spacial score (nSPS) is 21.5. The molecule has 0 aliphatic carbocycles. The van der Waals surface area contributed by atoms with Gasteiger partial charge in [-0.3, -0.25) is 4.79 Å². The van der Waals surface area contributed by atoms with Crippen LogP contribution in [0.4, 0.5) is 0 Å². The summed E-state index contributed by atoms with van der Waals surface area (Å²) in [5.41, 5.74) is 0.929. The number of nitrogens with zero attached hydrogens (tertiary/aromatic N) is 2. The van der Waals surface area contributed by atoms with Crippen molar-refractivity contribution < 1.29 is 4.79 Å². The highest BCUT2D eigenvalue weighted by Crippen LogP contribution is 2.23. The molecule has 1 N–H and O–H groups in total. The first kappa shape index (κ1) is 13.3. The lowest BCUT2D eigenvalue weighted by atomic mass is 10.1. The van der Waals surface area contributed by atoms with Crippen LogP contribution in [0.25, 0.3) is 10.8 Å². The van der Waals surface area contributed by atoms with Crippen LogP contribution < -0.4 is 0 Å². The number of benzene rings is 2. The molecule has 3 rings (SSSR count). The first-order valence-corrected chi connectivity index (χ1v) is 6.89. The van der Waals surface area contributed by atoms with Crippen LogP contribution in [0.1, 0.15) is 17.3 Å². The molecule has 4 heteroatoms. The number of fused-ring (bicyclic) bond motifs is 1. The predicted molar refractivity (Wildman–Crippen MR) is 81.3 cm³/mol. The number of nitrogens with one attached hydrogen (secondary N) is 1. The quantitative estimate of drug-likeness (QED) is 0.870. The maximum absolute atomic E-state index is 12.6. The maximum atomic E-state index is 12.6. The van der Waals surface area contributed by atoms with Crippen LogP contribution >= 0.6 is 0 Å². The molecule has 0 saturated carbocycles. The molecular weight excluding hydrogens is 262 g/mol. The number of hydrogen-bond donors (Lipinski definition) is 1. The van der Waals surface area contributed by atoms with Gasteiger partial charge in [0.2, 0.25) is 0 Å². The van der Waals surface area contributed by atoms with Crippen molar-refractivity contribution in [2.75, 3.05) is 6.54 Å². The highest BCUT2D eigenvalue weighted by atomic mass is 16.2. The third kappa shape index (κ3) is 2.17. The molecule has 2 aromatic rings. The Balaban J connectivity index is 1.94. The van der Waals surface area contributed by atoms with E-state index in [1.54, 1.807) is 17.9 Å². The van der Waals surface area contributed by atoms with Gasteiger partial charge in [0.05, 0.1) is 17.8 Å². The van der Waals surface area contributed by atoms with Crippen molar-refractivity contribution in [3.63, 3.8) is 0 Å². The summed E-state index contributed by atoms with van der Waals surface area (Å²) in [6.07, 6.45) is 0. The zero-order chi connectivity index (χ0) is 15.0. The molecule has 104 valence electrons. The topological polar surface area (TPSA) is 68.0 Å². The average Bonchev–Trinajstić information content (AvgIpc) is 2.81. The number of rotatable bonds is 1. The fourth-order valence-corrected chi connectivity index (χ4v) is 2.77. The minimum atomic E-state index is -0.482. The van der Waals surface area contributed by atoms with Gasteiger partial charge in [-0.2, -0.15) is 5.26 Å². The van der Waals surface area contributed by atoms with Gasteiger partial charge in [0, 0.05) is 12.1 Å². The Bertz CT molecular complexity index is 775. The van der Waals surface area contributed by atoms with Gasteiger partial charge in [0.15, 0.2) is 0 Å². The molecule has 4 nitrogen and oxygen atoms in total. The summed E-state index contributed by atoms with van der Waals surface area (Å²) in [4.78, 5) is 14.2. The van der Waals surface area contributed by atoms with E-state index < -0.39 is 5.92 Å². The van der Waals surface area contributed by atoms with Crippen LogP contribution in [-0.4, -0.2) is 29.1 Å². The lowest BCUT2D eigenvalue weighted by Crippen LogP contribution is -2.35. The fraction of sp³-hybridized carbons (Fsp3) is 0.235. The number of carbonyl (C=O) groups is 1. The lowest BCUT2D eigenvalue weighted by Gasteiger charge is -2.21. The SMILES string of the molecule is C[C@H]1C(=N)C(C#N)CN1C(=O)c1ccc2ccccc2c1. The zero-order valence-electron chi connectivity index (χ0n) is 11.7. The number of likely N-dealkylation sites (tertiary alicyclic amines) is 1. The summed E-state index contributed by atoms with van der Waals surface area (Å²) in [6, 6.07) is 15.3. The molecule has 1 fully saturated rings. The van der Waals surface area contributed by atoms with E-state index in [4.69, 9.17) is 10.7 Å². The predicted octanol–water partition coefficient (Wildman–Crippen LogP) is 2.84. The smallest absolute Gasteiger partial charge is 0.254 e. The van der Waals surface area contributed by atoms with E-state index >= 15 is 0 Å². The summed E-state index contributed by atoms with van der Waals surface area (Å²) in [7, 11) is 0. The van der Waals surface area contributed by atoms with Crippen LogP contribution in [0, 0.1) is 22.7 Å². The molecule has 1 unspecified atom stereocenters. The molecule has 1 amide bonds. The second kappa shape index (κ2) is 5.02. The molecule has 0 radical (unpaired) electrons. The molecule has 0 aromatic heterocycles. The minimum absolute atomic E-state index is 0.115. The summed E-state index contributed by atoms with van der Waals surface area (Å²) >= 11 is 0. The molecule has 2 atom stereocenters. The molecule has 1 saturated heterocycles. The van der Waals surface area contributed by atoms with Gasteiger partial charge < -0.3 is 10.3 Å². The number of carbonyl (C=O) groups excluding carboxylic acids is 1. The minimum Gasteiger partial charge on any atom is -0.329 e. The van der Waals surface area contributed by atoms with Gasteiger partial charge in [-0.1, -0.05) is 30.3 Å². The Morgan fingerprint density at radius 2 is 2.00 bits per heavy atom. The van der Waals surface area contributed by atoms with Crippen LogP contribution in [-0.2, 0) is 0 Å². The third-order valence-electron chi connectivity index (χ3n) is 4.09.